The highest BCUT2D eigenvalue weighted by Gasteiger charge is 2.54. The molecule has 0 saturated carbocycles. The quantitative estimate of drug-likeness (QED) is 0.402. The summed E-state index contributed by atoms with van der Waals surface area (Å²) in [5, 5.41) is 0. The van der Waals surface area contributed by atoms with Crippen LogP contribution in [-0.4, -0.2) is 73.3 Å². The molecule has 0 bridgehead atoms. The Balaban J connectivity index is 1.27. The topological polar surface area (TPSA) is 60.5 Å². The average molecular weight is 541 g/mol. The lowest BCUT2D eigenvalue weighted by Crippen LogP contribution is -2.53. The fraction of sp³-hybridized carbons (Fsp3) is 0.581. The van der Waals surface area contributed by atoms with E-state index in [1.807, 2.05) is 41.3 Å². The predicted octanol–water partition coefficient (Wildman–Crippen LogP) is 5.41. The van der Waals surface area contributed by atoms with E-state index in [1.54, 1.807) is 0 Å². The summed E-state index contributed by atoms with van der Waals surface area (Å²) < 4.78 is 37.1. The first kappa shape index (κ1) is 27.9. The molecule has 5 rings (SSSR count). The number of likely N-dealkylation sites (tertiary alicyclic amines) is 1. The van der Waals surface area contributed by atoms with Gasteiger partial charge in [0.15, 0.2) is 6.29 Å². The van der Waals surface area contributed by atoms with E-state index in [1.165, 1.54) is 12.1 Å². The third-order valence-electron chi connectivity index (χ3n) is 7.99. The Bertz CT molecular complexity index is 1060. The molecule has 7 nitrogen and oxygen atoms in total. The van der Waals surface area contributed by atoms with Crippen LogP contribution in [0.1, 0.15) is 50.7 Å². The van der Waals surface area contributed by atoms with Crippen molar-refractivity contribution in [2.45, 2.75) is 70.4 Å². The molecular formula is C31H41FN2O5. The van der Waals surface area contributed by atoms with Gasteiger partial charge in [0.1, 0.15) is 17.2 Å². The first-order valence-corrected chi connectivity index (χ1v) is 14.3. The van der Waals surface area contributed by atoms with Crippen LogP contribution in [0.5, 0.6) is 5.75 Å². The molecule has 39 heavy (non-hydrogen) atoms. The number of carbonyl (C=O) groups is 1. The van der Waals surface area contributed by atoms with Gasteiger partial charge >= 0.3 is 6.09 Å². The molecule has 0 radical (unpaired) electrons. The van der Waals surface area contributed by atoms with Crippen LogP contribution in [0.2, 0.25) is 0 Å². The van der Waals surface area contributed by atoms with Gasteiger partial charge in [0, 0.05) is 45.4 Å². The van der Waals surface area contributed by atoms with Crippen molar-refractivity contribution >= 4 is 6.09 Å². The minimum absolute atomic E-state index is 0.122. The molecule has 3 saturated heterocycles. The number of piperidine rings is 1. The lowest BCUT2D eigenvalue weighted by molar-refractivity contribution is -0.183. The maximum atomic E-state index is 13.6. The molecule has 0 aromatic heterocycles. The summed E-state index contributed by atoms with van der Waals surface area (Å²) in [5.74, 6) is 1.02. The number of nitrogens with zero attached hydrogens (tertiary/aromatic N) is 2. The molecule has 1 atom stereocenters. The van der Waals surface area contributed by atoms with E-state index < -0.39 is 5.60 Å². The van der Waals surface area contributed by atoms with Crippen LogP contribution in [0.4, 0.5) is 9.18 Å². The minimum Gasteiger partial charge on any atom is -0.493 e. The van der Waals surface area contributed by atoms with Crippen molar-refractivity contribution in [3.8, 4) is 5.75 Å². The zero-order valence-corrected chi connectivity index (χ0v) is 23.1. The van der Waals surface area contributed by atoms with Crippen molar-refractivity contribution in [3.05, 3.63) is 65.5 Å². The molecule has 0 N–H and O–H groups in total. The van der Waals surface area contributed by atoms with E-state index >= 15 is 0 Å². The monoisotopic (exact) mass is 540 g/mol. The molecule has 2 aromatic carbocycles. The molecule has 2 aromatic rings. The number of amides is 1. The van der Waals surface area contributed by atoms with Crippen LogP contribution >= 0.6 is 0 Å². The minimum atomic E-state index is -0.569. The van der Waals surface area contributed by atoms with Crippen molar-refractivity contribution < 1.29 is 28.1 Å². The number of hydrogen-bond acceptors (Lipinski definition) is 6. The Morgan fingerprint density at radius 3 is 2.33 bits per heavy atom. The van der Waals surface area contributed by atoms with Gasteiger partial charge in [0.05, 0.1) is 25.9 Å². The highest BCUT2D eigenvalue weighted by atomic mass is 19.1. The third kappa shape index (κ3) is 7.10. The SMILES string of the molecule is CC(C)COc1ccc(CN2C(=O)OC3(CCN(CCC4OCCCO4)CC3)C2Cc2ccc(F)cc2)cc1. The fourth-order valence-corrected chi connectivity index (χ4v) is 5.76. The molecule has 3 aliphatic rings. The van der Waals surface area contributed by atoms with Gasteiger partial charge in [-0.3, -0.25) is 4.90 Å². The largest absolute Gasteiger partial charge is 0.493 e. The summed E-state index contributed by atoms with van der Waals surface area (Å²) in [5.41, 5.74) is 1.45. The molecule has 8 heteroatoms. The molecule has 3 heterocycles. The number of halogens is 1. The van der Waals surface area contributed by atoms with Gasteiger partial charge < -0.3 is 23.8 Å². The van der Waals surface area contributed by atoms with Crippen LogP contribution in [0.15, 0.2) is 48.5 Å². The molecule has 0 aliphatic carbocycles. The van der Waals surface area contributed by atoms with E-state index in [0.717, 1.165) is 75.4 Å². The number of carbonyl (C=O) groups excluding carboxylic acids is 1. The summed E-state index contributed by atoms with van der Waals surface area (Å²) in [6, 6.07) is 14.4. The summed E-state index contributed by atoms with van der Waals surface area (Å²) in [6.45, 7) is 9.46. The van der Waals surface area contributed by atoms with Crippen LogP contribution in [0.3, 0.4) is 0 Å². The van der Waals surface area contributed by atoms with Crippen molar-refractivity contribution in [2.75, 3.05) is 39.5 Å². The highest BCUT2D eigenvalue weighted by molar-refractivity contribution is 5.72. The second-order valence-electron chi connectivity index (χ2n) is 11.4. The predicted molar refractivity (Wildman–Crippen MR) is 146 cm³/mol. The zero-order valence-electron chi connectivity index (χ0n) is 23.1. The molecule has 3 fully saturated rings. The molecule has 1 amide bonds. The Hall–Kier alpha value is -2.68. The third-order valence-corrected chi connectivity index (χ3v) is 7.99. The van der Waals surface area contributed by atoms with Crippen molar-refractivity contribution in [3.63, 3.8) is 0 Å². The number of hydrogen-bond donors (Lipinski definition) is 0. The van der Waals surface area contributed by atoms with Crippen LogP contribution in [-0.2, 0) is 27.2 Å². The first-order chi connectivity index (χ1) is 18.9. The Morgan fingerprint density at radius 2 is 1.67 bits per heavy atom. The van der Waals surface area contributed by atoms with Gasteiger partial charge in [-0.05, 0) is 54.2 Å². The van der Waals surface area contributed by atoms with Crippen molar-refractivity contribution in [1.29, 1.82) is 0 Å². The Labute approximate surface area is 231 Å². The number of ether oxygens (including phenoxy) is 4. The zero-order chi connectivity index (χ0) is 27.2. The lowest BCUT2D eigenvalue weighted by Gasteiger charge is -2.42. The lowest BCUT2D eigenvalue weighted by atomic mass is 9.81. The van der Waals surface area contributed by atoms with Gasteiger partial charge in [-0.15, -0.1) is 0 Å². The fourth-order valence-electron chi connectivity index (χ4n) is 5.76. The second-order valence-corrected chi connectivity index (χ2v) is 11.4. The molecular weight excluding hydrogens is 499 g/mol. The van der Waals surface area contributed by atoms with E-state index in [0.29, 0.717) is 25.5 Å². The highest BCUT2D eigenvalue weighted by Crippen LogP contribution is 2.41. The van der Waals surface area contributed by atoms with E-state index in [9.17, 15) is 9.18 Å². The smallest absolute Gasteiger partial charge is 0.411 e. The van der Waals surface area contributed by atoms with Crippen LogP contribution in [0, 0.1) is 11.7 Å². The summed E-state index contributed by atoms with van der Waals surface area (Å²) in [6.07, 6.45) is 3.53. The second kappa shape index (κ2) is 12.7. The van der Waals surface area contributed by atoms with E-state index in [-0.39, 0.29) is 24.2 Å². The molecule has 1 unspecified atom stereocenters. The van der Waals surface area contributed by atoms with Gasteiger partial charge in [-0.25, -0.2) is 9.18 Å². The number of benzene rings is 2. The Kier molecular flexibility index (Phi) is 9.05. The van der Waals surface area contributed by atoms with Crippen LogP contribution in [0.25, 0.3) is 0 Å². The average Bonchev–Trinajstić information content (AvgIpc) is 3.19. The van der Waals surface area contributed by atoms with Crippen molar-refractivity contribution in [1.82, 2.24) is 9.80 Å². The van der Waals surface area contributed by atoms with Gasteiger partial charge in [0.2, 0.25) is 0 Å². The van der Waals surface area contributed by atoms with E-state index in [2.05, 4.69) is 18.7 Å². The van der Waals surface area contributed by atoms with Gasteiger partial charge in [-0.1, -0.05) is 38.1 Å². The Morgan fingerprint density at radius 1 is 1.00 bits per heavy atom. The maximum Gasteiger partial charge on any atom is 0.411 e. The van der Waals surface area contributed by atoms with Gasteiger partial charge in [0.25, 0.3) is 0 Å². The normalized spacial score (nSPS) is 22.0. The van der Waals surface area contributed by atoms with Gasteiger partial charge in [-0.2, -0.15) is 0 Å². The van der Waals surface area contributed by atoms with E-state index in [4.69, 9.17) is 18.9 Å². The summed E-state index contributed by atoms with van der Waals surface area (Å²) in [7, 11) is 0. The molecule has 212 valence electrons. The standard InChI is InChI=1S/C31H41FN2O5/c1-23(2)22-38-27-10-6-25(7-11-27)21-34-28(20-24-4-8-26(32)9-5-24)31(39-30(34)35)13-16-33(17-14-31)15-12-29-36-18-3-19-37-29/h4-11,23,28-29H,3,12-22H2,1-2H3. The summed E-state index contributed by atoms with van der Waals surface area (Å²) in [4.78, 5) is 17.6. The van der Waals surface area contributed by atoms with Crippen LogP contribution < -0.4 is 4.74 Å². The first-order valence-electron chi connectivity index (χ1n) is 14.3. The van der Waals surface area contributed by atoms with Crippen molar-refractivity contribution in [2.24, 2.45) is 5.92 Å². The molecule has 3 aliphatic heterocycles. The number of rotatable bonds is 10. The maximum absolute atomic E-state index is 13.6. The molecule has 1 spiro atoms. The summed E-state index contributed by atoms with van der Waals surface area (Å²) >= 11 is 0.